The minimum Gasteiger partial charge on any atom is -0.481 e. The summed E-state index contributed by atoms with van der Waals surface area (Å²) in [5.41, 5.74) is 2.78. The van der Waals surface area contributed by atoms with Crippen LogP contribution in [0.15, 0.2) is 48.5 Å². The standard InChI is InChI=1S/C20H20FNO3/c1-12-3-2-4-14(9-12)16-10-17(16)19(23)22-11-18(20(24)25)13-5-7-15(21)8-6-13/h2-9,16-18H,10-11H2,1H3,(H,22,23)(H,24,25)/t16-,17+,18?/m1/s1. The Morgan fingerprint density at radius 1 is 1.24 bits per heavy atom. The second kappa shape index (κ2) is 7.05. The Kier molecular flexibility index (Phi) is 4.83. The first-order valence-corrected chi connectivity index (χ1v) is 8.28. The Balaban J connectivity index is 1.59. The molecule has 0 radical (unpaired) electrons. The van der Waals surface area contributed by atoms with Crippen molar-refractivity contribution in [3.05, 3.63) is 71.0 Å². The smallest absolute Gasteiger partial charge is 0.312 e. The van der Waals surface area contributed by atoms with Gasteiger partial charge in [0.15, 0.2) is 0 Å². The van der Waals surface area contributed by atoms with Crippen molar-refractivity contribution in [1.29, 1.82) is 0 Å². The first kappa shape index (κ1) is 17.1. The lowest BCUT2D eigenvalue weighted by Gasteiger charge is -2.14. The van der Waals surface area contributed by atoms with Crippen LogP contribution < -0.4 is 5.32 Å². The third kappa shape index (κ3) is 4.05. The second-order valence-electron chi connectivity index (χ2n) is 6.55. The molecule has 3 atom stereocenters. The number of carboxylic acid groups (broad SMARTS) is 1. The number of hydrogen-bond donors (Lipinski definition) is 2. The minimum absolute atomic E-state index is 0.00314. The Bertz CT molecular complexity index is 788. The maximum absolute atomic E-state index is 13.0. The molecule has 1 unspecified atom stereocenters. The molecule has 0 saturated heterocycles. The van der Waals surface area contributed by atoms with E-state index in [4.69, 9.17) is 0 Å². The van der Waals surface area contributed by atoms with Gasteiger partial charge in [-0.15, -0.1) is 0 Å². The number of amides is 1. The summed E-state index contributed by atoms with van der Waals surface area (Å²) in [6.45, 7) is 2.01. The molecule has 1 fully saturated rings. The highest BCUT2D eigenvalue weighted by molar-refractivity contribution is 5.84. The van der Waals surface area contributed by atoms with Crippen LogP contribution in [0.3, 0.4) is 0 Å². The fourth-order valence-corrected chi connectivity index (χ4v) is 3.13. The summed E-state index contributed by atoms with van der Waals surface area (Å²) in [6.07, 6.45) is 0.781. The van der Waals surface area contributed by atoms with Gasteiger partial charge in [0, 0.05) is 12.5 Å². The summed E-state index contributed by atoms with van der Waals surface area (Å²) in [5, 5.41) is 12.1. The van der Waals surface area contributed by atoms with Crippen molar-refractivity contribution >= 4 is 11.9 Å². The molecule has 0 aliphatic heterocycles. The highest BCUT2D eigenvalue weighted by atomic mass is 19.1. The van der Waals surface area contributed by atoms with Crippen LogP contribution >= 0.6 is 0 Å². The van der Waals surface area contributed by atoms with Crippen molar-refractivity contribution in [3.8, 4) is 0 Å². The summed E-state index contributed by atoms with van der Waals surface area (Å²) < 4.78 is 13.0. The van der Waals surface area contributed by atoms with Gasteiger partial charge in [0.25, 0.3) is 0 Å². The highest BCUT2D eigenvalue weighted by Gasteiger charge is 2.44. The van der Waals surface area contributed by atoms with Crippen molar-refractivity contribution in [3.63, 3.8) is 0 Å². The van der Waals surface area contributed by atoms with Crippen LogP contribution in [-0.2, 0) is 9.59 Å². The largest absolute Gasteiger partial charge is 0.481 e. The monoisotopic (exact) mass is 341 g/mol. The molecule has 2 aromatic rings. The van der Waals surface area contributed by atoms with Gasteiger partial charge in [-0.25, -0.2) is 4.39 Å². The van der Waals surface area contributed by atoms with Gasteiger partial charge in [-0.3, -0.25) is 9.59 Å². The number of carbonyl (C=O) groups excluding carboxylic acids is 1. The predicted octanol–water partition coefficient (Wildman–Crippen LogP) is 3.22. The van der Waals surface area contributed by atoms with E-state index in [0.717, 1.165) is 17.5 Å². The number of halogens is 1. The number of carbonyl (C=O) groups is 2. The number of hydrogen-bond acceptors (Lipinski definition) is 2. The fraction of sp³-hybridized carbons (Fsp3) is 0.300. The van der Waals surface area contributed by atoms with Crippen molar-refractivity contribution in [2.24, 2.45) is 5.92 Å². The van der Waals surface area contributed by atoms with Crippen molar-refractivity contribution in [1.82, 2.24) is 5.32 Å². The van der Waals surface area contributed by atoms with Gasteiger partial charge < -0.3 is 10.4 Å². The lowest BCUT2D eigenvalue weighted by atomic mass is 9.99. The Morgan fingerprint density at radius 2 is 1.96 bits per heavy atom. The predicted molar refractivity (Wildman–Crippen MR) is 91.8 cm³/mol. The van der Waals surface area contributed by atoms with Gasteiger partial charge in [-0.1, -0.05) is 42.0 Å². The summed E-state index contributed by atoms with van der Waals surface area (Å²) in [4.78, 5) is 23.8. The number of benzene rings is 2. The molecule has 2 aromatic carbocycles. The zero-order chi connectivity index (χ0) is 18.0. The summed E-state index contributed by atoms with van der Waals surface area (Å²) in [6, 6.07) is 13.4. The summed E-state index contributed by atoms with van der Waals surface area (Å²) in [7, 11) is 0. The lowest BCUT2D eigenvalue weighted by Crippen LogP contribution is -2.33. The van der Waals surface area contributed by atoms with Crippen LogP contribution in [0.5, 0.6) is 0 Å². The first-order valence-electron chi connectivity index (χ1n) is 8.28. The summed E-state index contributed by atoms with van der Waals surface area (Å²) in [5.74, 6) is -2.38. The average Bonchev–Trinajstić information content (AvgIpc) is 3.37. The lowest BCUT2D eigenvalue weighted by molar-refractivity contribution is -0.138. The Morgan fingerprint density at radius 3 is 2.60 bits per heavy atom. The van der Waals surface area contributed by atoms with Gasteiger partial charge in [-0.05, 0) is 42.5 Å². The van der Waals surface area contributed by atoms with E-state index in [1.54, 1.807) is 0 Å². The first-order chi connectivity index (χ1) is 12.0. The molecule has 4 nitrogen and oxygen atoms in total. The maximum atomic E-state index is 13.0. The van der Waals surface area contributed by atoms with E-state index >= 15 is 0 Å². The number of rotatable bonds is 6. The molecule has 3 rings (SSSR count). The van der Waals surface area contributed by atoms with E-state index in [2.05, 4.69) is 11.4 Å². The molecule has 5 heteroatoms. The van der Waals surface area contributed by atoms with E-state index in [0.29, 0.717) is 5.56 Å². The Labute approximate surface area is 145 Å². The minimum atomic E-state index is -1.04. The number of carboxylic acids is 1. The molecular weight excluding hydrogens is 321 g/mol. The van der Waals surface area contributed by atoms with E-state index in [1.807, 2.05) is 25.1 Å². The van der Waals surface area contributed by atoms with Gasteiger partial charge in [0.1, 0.15) is 5.82 Å². The molecule has 0 bridgehead atoms. The maximum Gasteiger partial charge on any atom is 0.312 e. The molecule has 25 heavy (non-hydrogen) atoms. The zero-order valence-corrected chi connectivity index (χ0v) is 13.9. The molecule has 2 N–H and O–H groups in total. The van der Waals surface area contributed by atoms with Crippen LogP contribution in [0.4, 0.5) is 4.39 Å². The van der Waals surface area contributed by atoms with E-state index < -0.39 is 17.7 Å². The average molecular weight is 341 g/mol. The van der Waals surface area contributed by atoms with Gasteiger partial charge in [-0.2, -0.15) is 0 Å². The molecular formula is C20H20FNO3. The van der Waals surface area contributed by atoms with E-state index in [1.165, 1.54) is 24.3 Å². The molecule has 1 aliphatic rings. The molecule has 1 aliphatic carbocycles. The molecule has 1 amide bonds. The fourth-order valence-electron chi connectivity index (χ4n) is 3.13. The van der Waals surface area contributed by atoms with E-state index in [-0.39, 0.29) is 24.3 Å². The summed E-state index contributed by atoms with van der Waals surface area (Å²) >= 11 is 0. The number of aliphatic carboxylic acids is 1. The molecule has 1 saturated carbocycles. The molecule has 0 spiro atoms. The Hall–Kier alpha value is -2.69. The van der Waals surface area contributed by atoms with Crippen LogP contribution in [-0.4, -0.2) is 23.5 Å². The zero-order valence-electron chi connectivity index (χ0n) is 13.9. The van der Waals surface area contributed by atoms with E-state index in [9.17, 15) is 19.1 Å². The van der Waals surface area contributed by atoms with Gasteiger partial charge >= 0.3 is 5.97 Å². The quantitative estimate of drug-likeness (QED) is 0.848. The topological polar surface area (TPSA) is 66.4 Å². The van der Waals surface area contributed by atoms with Crippen molar-refractivity contribution in [2.75, 3.05) is 6.54 Å². The molecule has 0 aromatic heterocycles. The van der Waals surface area contributed by atoms with Gasteiger partial charge in [0.05, 0.1) is 5.92 Å². The van der Waals surface area contributed by atoms with Crippen molar-refractivity contribution in [2.45, 2.75) is 25.2 Å². The van der Waals surface area contributed by atoms with Crippen LogP contribution in [0.1, 0.15) is 34.9 Å². The third-order valence-corrected chi connectivity index (χ3v) is 4.65. The number of aryl methyl sites for hydroxylation is 1. The number of nitrogens with one attached hydrogen (secondary N) is 1. The SMILES string of the molecule is Cc1cccc([C@H]2C[C@@H]2C(=O)NCC(C(=O)O)c2ccc(F)cc2)c1. The highest BCUT2D eigenvalue weighted by Crippen LogP contribution is 2.47. The van der Waals surface area contributed by atoms with Crippen LogP contribution in [0.2, 0.25) is 0 Å². The van der Waals surface area contributed by atoms with Crippen LogP contribution in [0, 0.1) is 18.7 Å². The van der Waals surface area contributed by atoms with Crippen LogP contribution in [0.25, 0.3) is 0 Å². The second-order valence-corrected chi connectivity index (χ2v) is 6.55. The van der Waals surface area contributed by atoms with Gasteiger partial charge in [0.2, 0.25) is 5.91 Å². The molecule has 0 heterocycles. The van der Waals surface area contributed by atoms with Crippen molar-refractivity contribution < 1.29 is 19.1 Å². The normalized spacial score (nSPS) is 19.9. The third-order valence-electron chi connectivity index (χ3n) is 4.65. The molecule has 130 valence electrons.